The van der Waals surface area contributed by atoms with E-state index in [1.54, 1.807) is 0 Å². The number of unbranched alkanes of at least 4 members (excludes halogenated alkanes) is 2. The molecular formula is C18H29ClN2O2. The zero-order chi connectivity index (χ0) is 16.4. The number of hydrogen-bond donors (Lipinski definition) is 2. The van der Waals surface area contributed by atoms with Gasteiger partial charge in [0.05, 0.1) is 0 Å². The van der Waals surface area contributed by atoms with E-state index in [-0.39, 0.29) is 43.0 Å². The van der Waals surface area contributed by atoms with Crippen molar-refractivity contribution in [3.63, 3.8) is 0 Å². The van der Waals surface area contributed by atoms with Crippen molar-refractivity contribution in [2.75, 3.05) is 6.54 Å². The number of benzene rings is 1. The van der Waals surface area contributed by atoms with Crippen LogP contribution in [0.2, 0.25) is 0 Å². The Hall–Kier alpha value is -1.39. The highest BCUT2D eigenvalue weighted by Crippen LogP contribution is 2.11. The number of halogens is 1. The van der Waals surface area contributed by atoms with Crippen LogP contribution < -0.4 is 11.1 Å². The molecule has 0 unspecified atom stereocenters. The summed E-state index contributed by atoms with van der Waals surface area (Å²) in [7, 11) is 0. The largest absolute Gasteiger partial charge is 0.352 e. The third-order valence-electron chi connectivity index (χ3n) is 3.68. The predicted molar refractivity (Wildman–Crippen MR) is 97.1 cm³/mol. The molecule has 23 heavy (non-hydrogen) atoms. The average molecular weight is 341 g/mol. The second-order valence-electron chi connectivity index (χ2n) is 5.78. The average Bonchev–Trinajstić information content (AvgIpc) is 2.53. The lowest BCUT2D eigenvalue weighted by molar-refractivity contribution is -0.121. The van der Waals surface area contributed by atoms with Gasteiger partial charge in [0.25, 0.3) is 0 Å². The van der Waals surface area contributed by atoms with Crippen molar-refractivity contribution in [2.45, 2.75) is 58.4 Å². The van der Waals surface area contributed by atoms with Crippen LogP contribution in [-0.2, 0) is 11.2 Å². The monoisotopic (exact) mass is 340 g/mol. The van der Waals surface area contributed by atoms with Crippen LogP contribution in [0.4, 0.5) is 0 Å². The third kappa shape index (κ3) is 8.72. The molecule has 0 saturated heterocycles. The smallest absolute Gasteiger partial charge is 0.220 e. The number of nitrogens with two attached hydrogens (primary N) is 1. The predicted octanol–water partition coefficient (Wildman–Crippen LogP) is 3.27. The zero-order valence-corrected chi connectivity index (χ0v) is 15.0. The number of carbonyl (C=O) groups excluding carboxylic acids is 2. The first-order chi connectivity index (χ1) is 10.6. The summed E-state index contributed by atoms with van der Waals surface area (Å²) in [4.78, 5) is 23.7. The molecule has 0 aliphatic carbocycles. The summed E-state index contributed by atoms with van der Waals surface area (Å²) in [6.07, 6.45) is 5.13. The van der Waals surface area contributed by atoms with Crippen molar-refractivity contribution < 1.29 is 9.59 Å². The van der Waals surface area contributed by atoms with Crippen molar-refractivity contribution in [3.05, 3.63) is 35.4 Å². The number of nitrogens with one attached hydrogen (secondary N) is 1. The highest BCUT2D eigenvalue weighted by atomic mass is 35.5. The highest BCUT2D eigenvalue weighted by Gasteiger charge is 2.10. The first kappa shape index (κ1) is 21.6. The van der Waals surface area contributed by atoms with Gasteiger partial charge in [0.1, 0.15) is 0 Å². The molecule has 1 atom stereocenters. The Labute approximate surface area is 145 Å². The summed E-state index contributed by atoms with van der Waals surface area (Å²) in [6, 6.07) is 7.71. The molecule has 0 aliphatic heterocycles. The second kappa shape index (κ2) is 12.1. The van der Waals surface area contributed by atoms with Gasteiger partial charge in [-0.2, -0.15) is 0 Å². The highest BCUT2D eigenvalue weighted by molar-refractivity contribution is 5.98. The van der Waals surface area contributed by atoms with Crippen LogP contribution in [0.15, 0.2) is 24.3 Å². The molecule has 1 aromatic carbocycles. The Bertz CT molecular complexity index is 474. The molecule has 0 bridgehead atoms. The van der Waals surface area contributed by atoms with Crippen LogP contribution in [0.5, 0.6) is 0 Å². The minimum atomic E-state index is -0.123. The third-order valence-corrected chi connectivity index (χ3v) is 3.68. The molecule has 5 heteroatoms. The number of rotatable bonds is 10. The Balaban J connectivity index is 0.00000484. The molecule has 0 aliphatic rings. The molecule has 130 valence electrons. The molecule has 0 heterocycles. The number of carbonyl (C=O) groups is 2. The van der Waals surface area contributed by atoms with Gasteiger partial charge in [-0.05, 0) is 25.3 Å². The van der Waals surface area contributed by atoms with Crippen molar-refractivity contribution in [1.82, 2.24) is 5.32 Å². The van der Waals surface area contributed by atoms with E-state index in [0.717, 1.165) is 6.42 Å². The van der Waals surface area contributed by atoms with E-state index >= 15 is 0 Å². The van der Waals surface area contributed by atoms with Crippen LogP contribution in [0, 0.1) is 0 Å². The molecule has 1 rings (SSSR count). The van der Waals surface area contributed by atoms with E-state index < -0.39 is 0 Å². The van der Waals surface area contributed by atoms with Gasteiger partial charge in [0.15, 0.2) is 5.78 Å². The Morgan fingerprint density at radius 1 is 1.13 bits per heavy atom. The summed E-state index contributed by atoms with van der Waals surface area (Å²) >= 11 is 0. The lowest BCUT2D eigenvalue weighted by atomic mass is 10.0. The van der Waals surface area contributed by atoms with Crippen molar-refractivity contribution in [2.24, 2.45) is 5.73 Å². The summed E-state index contributed by atoms with van der Waals surface area (Å²) in [5.41, 5.74) is 7.39. The fraction of sp³-hybridized carbons (Fsp3) is 0.556. The van der Waals surface area contributed by atoms with Gasteiger partial charge in [-0.1, -0.05) is 44.0 Å². The molecule has 0 fully saturated rings. The van der Waals surface area contributed by atoms with E-state index in [4.69, 9.17) is 5.73 Å². The zero-order valence-electron chi connectivity index (χ0n) is 14.1. The fourth-order valence-corrected chi connectivity index (χ4v) is 2.21. The first-order valence-electron chi connectivity index (χ1n) is 8.18. The summed E-state index contributed by atoms with van der Waals surface area (Å²) in [5.74, 6) is -0.113. The summed E-state index contributed by atoms with van der Waals surface area (Å²) < 4.78 is 0. The van der Waals surface area contributed by atoms with Gasteiger partial charge in [0, 0.05) is 31.0 Å². The van der Waals surface area contributed by atoms with Gasteiger partial charge < -0.3 is 11.1 Å². The van der Waals surface area contributed by atoms with Gasteiger partial charge in [0.2, 0.25) is 5.91 Å². The number of amides is 1. The molecule has 0 spiro atoms. The summed E-state index contributed by atoms with van der Waals surface area (Å²) in [5, 5.41) is 2.76. The number of hydrogen-bond acceptors (Lipinski definition) is 3. The maximum Gasteiger partial charge on any atom is 0.220 e. The van der Waals surface area contributed by atoms with Gasteiger partial charge in [-0.15, -0.1) is 12.4 Å². The maximum atomic E-state index is 12.1. The Morgan fingerprint density at radius 2 is 1.78 bits per heavy atom. The van der Waals surface area contributed by atoms with E-state index in [2.05, 4.69) is 12.2 Å². The topological polar surface area (TPSA) is 72.2 Å². The number of ketones is 1. The van der Waals surface area contributed by atoms with Crippen LogP contribution in [0.1, 0.15) is 61.9 Å². The molecule has 1 aromatic rings. The van der Waals surface area contributed by atoms with Crippen LogP contribution in [0.3, 0.4) is 0 Å². The Morgan fingerprint density at radius 3 is 2.35 bits per heavy atom. The van der Waals surface area contributed by atoms with Gasteiger partial charge in [-0.25, -0.2) is 0 Å². The SMILES string of the molecule is CCCCCc1ccc(C(=O)CCC(=O)N[C@@H](C)CN)cc1.Cl. The summed E-state index contributed by atoms with van der Waals surface area (Å²) in [6.45, 7) is 4.43. The lowest BCUT2D eigenvalue weighted by Crippen LogP contribution is -2.37. The quantitative estimate of drug-likeness (QED) is 0.507. The molecule has 4 nitrogen and oxygen atoms in total. The first-order valence-corrected chi connectivity index (χ1v) is 8.18. The van der Waals surface area contributed by atoms with Crippen molar-refractivity contribution in [3.8, 4) is 0 Å². The van der Waals surface area contributed by atoms with Crippen LogP contribution in [0.25, 0.3) is 0 Å². The molecule has 1 amide bonds. The number of aryl methyl sites for hydroxylation is 1. The minimum absolute atomic E-state index is 0. The minimum Gasteiger partial charge on any atom is -0.352 e. The standard InChI is InChI=1S/C18H28N2O2.ClH/c1-3-4-5-6-15-7-9-16(10-8-15)17(21)11-12-18(22)20-14(2)13-19;/h7-10,14H,3-6,11-13,19H2,1-2H3,(H,20,22);1H/t14-;/m0./s1. The van der Waals surface area contributed by atoms with Crippen molar-refractivity contribution in [1.29, 1.82) is 0 Å². The molecule has 3 N–H and O–H groups in total. The van der Waals surface area contributed by atoms with Crippen LogP contribution >= 0.6 is 12.4 Å². The maximum absolute atomic E-state index is 12.1. The molecule has 0 radical (unpaired) electrons. The van der Waals surface area contributed by atoms with E-state index in [9.17, 15) is 9.59 Å². The Kier molecular flexibility index (Phi) is 11.4. The van der Waals surface area contributed by atoms with E-state index in [1.807, 2.05) is 31.2 Å². The lowest BCUT2D eigenvalue weighted by Gasteiger charge is -2.10. The normalized spacial score (nSPS) is 11.4. The van der Waals surface area contributed by atoms with E-state index in [0.29, 0.717) is 12.1 Å². The molecular weight excluding hydrogens is 312 g/mol. The molecule has 0 saturated carbocycles. The fourth-order valence-electron chi connectivity index (χ4n) is 2.21. The molecule has 0 aromatic heterocycles. The van der Waals surface area contributed by atoms with E-state index in [1.165, 1.54) is 24.8 Å². The second-order valence-corrected chi connectivity index (χ2v) is 5.78. The van der Waals surface area contributed by atoms with Gasteiger partial charge in [-0.3, -0.25) is 9.59 Å². The van der Waals surface area contributed by atoms with Crippen LogP contribution in [-0.4, -0.2) is 24.3 Å². The van der Waals surface area contributed by atoms with Crippen molar-refractivity contribution >= 4 is 24.1 Å². The number of Topliss-reactive ketones (excluding diaryl/α,β-unsaturated/α-hetero) is 1. The van der Waals surface area contributed by atoms with Gasteiger partial charge >= 0.3 is 0 Å².